The Labute approximate surface area is 109 Å². The standard InChI is InChI=1S/C10H16F3N5O/c1-4-14-7-15-8(17-9(16-7)19-3)18(5-2)6-10(11,12)13/h4-6H2,1-3H3,(H,14,15,16,17). The van der Waals surface area contributed by atoms with Gasteiger partial charge >= 0.3 is 12.2 Å². The quantitative estimate of drug-likeness (QED) is 0.855. The first kappa shape index (κ1) is 15.3. The molecule has 0 aliphatic carbocycles. The molecule has 0 unspecified atom stereocenters. The van der Waals surface area contributed by atoms with Gasteiger partial charge in [-0.1, -0.05) is 0 Å². The van der Waals surface area contributed by atoms with Crippen LogP contribution in [0.4, 0.5) is 25.1 Å². The van der Waals surface area contributed by atoms with E-state index in [0.29, 0.717) is 6.54 Å². The van der Waals surface area contributed by atoms with E-state index >= 15 is 0 Å². The van der Waals surface area contributed by atoms with Crippen molar-refractivity contribution in [2.75, 3.05) is 37.0 Å². The maximum atomic E-state index is 12.4. The minimum absolute atomic E-state index is 0.0263. The molecule has 9 heteroatoms. The minimum Gasteiger partial charge on any atom is -0.467 e. The molecule has 0 saturated carbocycles. The first-order valence-corrected chi connectivity index (χ1v) is 5.75. The Morgan fingerprint density at radius 2 is 1.89 bits per heavy atom. The van der Waals surface area contributed by atoms with Crippen LogP contribution in [0.2, 0.25) is 0 Å². The summed E-state index contributed by atoms with van der Waals surface area (Å²) in [6.07, 6.45) is -4.33. The molecule has 0 saturated heterocycles. The van der Waals surface area contributed by atoms with E-state index in [1.807, 2.05) is 6.92 Å². The van der Waals surface area contributed by atoms with Gasteiger partial charge in [0.2, 0.25) is 11.9 Å². The molecule has 0 atom stereocenters. The second kappa shape index (κ2) is 6.39. The van der Waals surface area contributed by atoms with Gasteiger partial charge in [0, 0.05) is 13.1 Å². The van der Waals surface area contributed by atoms with Gasteiger partial charge < -0.3 is 15.0 Å². The van der Waals surface area contributed by atoms with E-state index in [2.05, 4.69) is 20.3 Å². The zero-order valence-electron chi connectivity index (χ0n) is 11.0. The molecule has 1 rings (SSSR count). The number of aromatic nitrogens is 3. The third-order valence-electron chi connectivity index (χ3n) is 2.16. The number of halogens is 3. The molecule has 0 amide bonds. The highest BCUT2D eigenvalue weighted by Crippen LogP contribution is 2.21. The second-order valence-corrected chi connectivity index (χ2v) is 3.61. The van der Waals surface area contributed by atoms with E-state index in [1.54, 1.807) is 6.92 Å². The normalized spacial score (nSPS) is 11.3. The summed E-state index contributed by atoms with van der Waals surface area (Å²) in [5.41, 5.74) is 0. The van der Waals surface area contributed by atoms with Crippen molar-refractivity contribution in [2.24, 2.45) is 0 Å². The highest BCUT2D eigenvalue weighted by Gasteiger charge is 2.31. The van der Waals surface area contributed by atoms with Crippen LogP contribution >= 0.6 is 0 Å². The lowest BCUT2D eigenvalue weighted by Crippen LogP contribution is -2.35. The van der Waals surface area contributed by atoms with Crippen molar-refractivity contribution in [3.8, 4) is 6.01 Å². The van der Waals surface area contributed by atoms with Crippen LogP contribution in [0.25, 0.3) is 0 Å². The van der Waals surface area contributed by atoms with Gasteiger partial charge in [0.1, 0.15) is 6.54 Å². The fourth-order valence-electron chi connectivity index (χ4n) is 1.36. The third-order valence-corrected chi connectivity index (χ3v) is 2.16. The lowest BCUT2D eigenvalue weighted by Gasteiger charge is -2.22. The number of rotatable bonds is 6. The van der Waals surface area contributed by atoms with Crippen LogP contribution in [-0.4, -0.2) is 47.9 Å². The van der Waals surface area contributed by atoms with Crippen LogP contribution in [0.15, 0.2) is 0 Å². The van der Waals surface area contributed by atoms with Crippen LogP contribution in [0.3, 0.4) is 0 Å². The molecule has 6 nitrogen and oxygen atoms in total. The Morgan fingerprint density at radius 3 is 2.37 bits per heavy atom. The first-order chi connectivity index (χ1) is 8.89. The van der Waals surface area contributed by atoms with Crippen LogP contribution in [0.1, 0.15) is 13.8 Å². The van der Waals surface area contributed by atoms with E-state index < -0.39 is 12.7 Å². The van der Waals surface area contributed by atoms with E-state index in [9.17, 15) is 13.2 Å². The van der Waals surface area contributed by atoms with Crippen molar-refractivity contribution in [3.63, 3.8) is 0 Å². The van der Waals surface area contributed by atoms with Crippen molar-refractivity contribution in [3.05, 3.63) is 0 Å². The van der Waals surface area contributed by atoms with Gasteiger partial charge in [0.05, 0.1) is 7.11 Å². The summed E-state index contributed by atoms with van der Waals surface area (Å²) in [6, 6.07) is -0.0263. The summed E-state index contributed by atoms with van der Waals surface area (Å²) < 4.78 is 42.2. The lowest BCUT2D eigenvalue weighted by molar-refractivity contribution is -0.119. The van der Waals surface area contributed by atoms with Gasteiger partial charge in [-0.15, -0.1) is 0 Å². The summed E-state index contributed by atoms with van der Waals surface area (Å²) in [4.78, 5) is 12.7. The van der Waals surface area contributed by atoms with Crippen LogP contribution in [0.5, 0.6) is 6.01 Å². The van der Waals surface area contributed by atoms with Crippen LogP contribution in [0, 0.1) is 0 Å². The van der Waals surface area contributed by atoms with Gasteiger partial charge in [0.25, 0.3) is 0 Å². The number of anilines is 2. The number of nitrogens with zero attached hydrogens (tertiary/aromatic N) is 4. The van der Waals surface area contributed by atoms with Crippen molar-refractivity contribution in [2.45, 2.75) is 20.0 Å². The fraction of sp³-hybridized carbons (Fsp3) is 0.700. The van der Waals surface area contributed by atoms with Gasteiger partial charge in [-0.3, -0.25) is 0 Å². The number of hydrogen-bond acceptors (Lipinski definition) is 6. The lowest BCUT2D eigenvalue weighted by atomic mass is 10.5. The van der Waals surface area contributed by atoms with Crippen LogP contribution < -0.4 is 15.0 Å². The van der Waals surface area contributed by atoms with E-state index in [-0.39, 0.29) is 24.5 Å². The molecule has 0 aliphatic heterocycles. The first-order valence-electron chi connectivity index (χ1n) is 5.75. The van der Waals surface area contributed by atoms with Crippen molar-refractivity contribution in [1.82, 2.24) is 15.0 Å². The smallest absolute Gasteiger partial charge is 0.406 e. The number of hydrogen-bond donors (Lipinski definition) is 1. The number of methoxy groups -OCH3 is 1. The van der Waals surface area contributed by atoms with Gasteiger partial charge in [-0.05, 0) is 13.8 Å². The summed E-state index contributed by atoms with van der Waals surface area (Å²) in [7, 11) is 1.34. The average molecular weight is 279 g/mol. The zero-order valence-corrected chi connectivity index (χ0v) is 11.0. The topological polar surface area (TPSA) is 63.2 Å². The molecule has 1 N–H and O–H groups in total. The summed E-state index contributed by atoms with van der Waals surface area (Å²) in [5, 5.41) is 2.81. The van der Waals surface area contributed by atoms with Crippen molar-refractivity contribution in [1.29, 1.82) is 0 Å². The largest absolute Gasteiger partial charge is 0.467 e. The molecule has 0 aromatic carbocycles. The Balaban J connectivity index is 3.04. The Bertz CT molecular complexity index is 413. The van der Waals surface area contributed by atoms with Crippen LogP contribution in [-0.2, 0) is 0 Å². The molecule has 0 aliphatic rings. The van der Waals surface area contributed by atoms with Gasteiger partial charge in [0.15, 0.2) is 0 Å². The molecular weight excluding hydrogens is 263 g/mol. The number of alkyl halides is 3. The number of ether oxygens (including phenoxy) is 1. The summed E-state index contributed by atoms with van der Waals surface area (Å²) in [6.45, 7) is 2.96. The van der Waals surface area contributed by atoms with Gasteiger partial charge in [-0.2, -0.15) is 28.1 Å². The second-order valence-electron chi connectivity index (χ2n) is 3.61. The maximum absolute atomic E-state index is 12.4. The van der Waals surface area contributed by atoms with Crippen molar-refractivity contribution >= 4 is 11.9 Å². The third kappa shape index (κ3) is 4.76. The fourth-order valence-corrected chi connectivity index (χ4v) is 1.36. The molecule has 19 heavy (non-hydrogen) atoms. The molecule has 0 radical (unpaired) electrons. The van der Waals surface area contributed by atoms with Crippen molar-refractivity contribution < 1.29 is 17.9 Å². The minimum atomic E-state index is -4.33. The van der Waals surface area contributed by atoms with Gasteiger partial charge in [-0.25, -0.2) is 0 Å². The number of nitrogens with one attached hydrogen (secondary N) is 1. The molecule has 0 bridgehead atoms. The maximum Gasteiger partial charge on any atom is 0.406 e. The molecule has 0 spiro atoms. The molecule has 1 heterocycles. The predicted octanol–water partition coefficient (Wildman–Crippen LogP) is 1.70. The monoisotopic (exact) mass is 279 g/mol. The molecule has 1 aromatic rings. The average Bonchev–Trinajstić information content (AvgIpc) is 2.34. The SMILES string of the molecule is CCNc1nc(OC)nc(N(CC)CC(F)(F)F)n1. The summed E-state index contributed by atoms with van der Waals surface area (Å²) >= 11 is 0. The Hall–Kier alpha value is -1.80. The Kier molecular flexibility index (Phi) is 5.13. The highest BCUT2D eigenvalue weighted by atomic mass is 19.4. The molecule has 108 valence electrons. The molecule has 1 aromatic heterocycles. The Morgan fingerprint density at radius 1 is 1.21 bits per heavy atom. The van der Waals surface area contributed by atoms with E-state index in [1.165, 1.54) is 7.11 Å². The molecule has 0 fully saturated rings. The zero-order chi connectivity index (χ0) is 14.5. The summed E-state index contributed by atoms with van der Waals surface area (Å²) in [5.74, 6) is 0.118. The van der Waals surface area contributed by atoms with E-state index in [4.69, 9.17) is 4.74 Å². The highest BCUT2D eigenvalue weighted by molar-refractivity contribution is 5.38. The molecular formula is C10H16F3N5O. The predicted molar refractivity (Wildman–Crippen MR) is 64.5 cm³/mol. The van der Waals surface area contributed by atoms with E-state index in [0.717, 1.165) is 4.90 Å².